The van der Waals surface area contributed by atoms with Crippen LogP contribution >= 0.6 is 0 Å². The highest BCUT2D eigenvalue weighted by atomic mass is 16.3. The molecule has 2 aromatic rings. The van der Waals surface area contributed by atoms with Crippen LogP contribution in [-0.2, 0) is 6.42 Å². The molecule has 24 heavy (non-hydrogen) atoms. The number of benzene rings is 2. The van der Waals surface area contributed by atoms with E-state index in [0.717, 1.165) is 43.7 Å². The van der Waals surface area contributed by atoms with Gasteiger partial charge in [-0.2, -0.15) is 0 Å². The van der Waals surface area contributed by atoms with Crippen molar-refractivity contribution >= 4 is 17.3 Å². The van der Waals surface area contributed by atoms with Gasteiger partial charge in [0.05, 0.1) is 6.10 Å². The molecular weight excluding hydrogens is 300 g/mol. The van der Waals surface area contributed by atoms with E-state index in [2.05, 4.69) is 17.1 Å². The highest BCUT2D eigenvalue weighted by Gasteiger charge is 2.17. The summed E-state index contributed by atoms with van der Waals surface area (Å²) in [6, 6.07) is 15.6. The summed E-state index contributed by atoms with van der Waals surface area (Å²) in [4.78, 5) is 14.6. The fourth-order valence-corrected chi connectivity index (χ4v) is 2.97. The van der Waals surface area contributed by atoms with Gasteiger partial charge in [0.15, 0.2) is 0 Å². The average Bonchev–Trinajstić information content (AvgIpc) is 2.63. The second kappa shape index (κ2) is 7.49. The summed E-state index contributed by atoms with van der Waals surface area (Å²) in [6.07, 6.45) is 2.42. The molecule has 0 bridgehead atoms. The first kappa shape index (κ1) is 16.5. The Kier molecular flexibility index (Phi) is 5.16. The zero-order chi connectivity index (χ0) is 16.9. The van der Waals surface area contributed by atoms with Gasteiger partial charge in [0.25, 0.3) is 5.91 Å². The third-order valence-corrected chi connectivity index (χ3v) is 4.58. The minimum atomic E-state index is -0.176. The van der Waals surface area contributed by atoms with Gasteiger partial charge in [-0.15, -0.1) is 0 Å². The fourth-order valence-electron chi connectivity index (χ4n) is 2.97. The molecule has 1 saturated heterocycles. The van der Waals surface area contributed by atoms with E-state index in [1.807, 2.05) is 48.5 Å². The average molecular weight is 324 g/mol. The van der Waals surface area contributed by atoms with E-state index in [4.69, 9.17) is 0 Å². The molecule has 0 spiro atoms. The molecule has 4 nitrogen and oxygen atoms in total. The van der Waals surface area contributed by atoms with Gasteiger partial charge in [0.1, 0.15) is 0 Å². The van der Waals surface area contributed by atoms with Crippen molar-refractivity contribution in [1.82, 2.24) is 0 Å². The van der Waals surface area contributed by atoms with E-state index in [-0.39, 0.29) is 12.0 Å². The number of aryl methyl sites for hydroxylation is 1. The van der Waals surface area contributed by atoms with Crippen molar-refractivity contribution < 1.29 is 9.90 Å². The fraction of sp³-hybridized carbons (Fsp3) is 0.350. The maximum Gasteiger partial charge on any atom is 0.255 e. The summed E-state index contributed by atoms with van der Waals surface area (Å²) in [5.41, 5.74) is 3.82. The van der Waals surface area contributed by atoms with E-state index in [1.54, 1.807) is 0 Å². The standard InChI is InChI=1S/C20H24N2O2/c1-2-15-3-7-17(8-4-15)21-20(24)16-5-9-18(10-6-16)22-13-11-19(23)12-14-22/h3-10,19,23H,2,11-14H2,1H3,(H,21,24). The van der Waals surface area contributed by atoms with E-state index >= 15 is 0 Å². The molecule has 0 saturated carbocycles. The molecule has 0 radical (unpaired) electrons. The number of aliphatic hydroxyl groups excluding tert-OH is 1. The molecule has 1 aliphatic heterocycles. The topological polar surface area (TPSA) is 52.6 Å². The molecule has 0 aromatic heterocycles. The Balaban J connectivity index is 1.62. The number of carbonyl (C=O) groups excluding carboxylic acids is 1. The minimum absolute atomic E-state index is 0.0973. The first-order valence-electron chi connectivity index (χ1n) is 8.59. The Labute approximate surface area is 143 Å². The first-order chi connectivity index (χ1) is 11.7. The van der Waals surface area contributed by atoms with Crippen LogP contribution in [0.2, 0.25) is 0 Å². The van der Waals surface area contributed by atoms with Crippen LogP contribution in [-0.4, -0.2) is 30.2 Å². The minimum Gasteiger partial charge on any atom is -0.393 e. The van der Waals surface area contributed by atoms with Gasteiger partial charge in [-0.25, -0.2) is 0 Å². The lowest BCUT2D eigenvalue weighted by molar-refractivity contribution is 0.102. The van der Waals surface area contributed by atoms with E-state index in [0.29, 0.717) is 5.56 Å². The summed E-state index contributed by atoms with van der Waals surface area (Å²) >= 11 is 0. The monoisotopic (exact) mass is 324 g/mol. The van der Waals surface area contributed by atoms with Crippen LogP contribution < -0.4 is 10.2 Å². The predicted molar refractivity (Wildman–Crippen MR) is 97.7 cm³/mol. The molecule has 4 heteroatoms. The van der Waals surface area contributed by atoms with Crippen LogP contribution in [0.5, 0.6) is 0 Å². The number of nitrogens with one attached hydrogen (secondary N) is 1. The second-order valence-electron chi connectivity index (χ2n) is 6.27. The normalized spacial score (nSPS) is 15.3. The molecule has 2 aromatic carbocycles. The van der Waals surface area contributed by atoms with Crippen molar-refractivity contribution in [2.45, 2.75) is 32.3 Å². The van der Waals surface area contributed by atoms with E-state index in [9.17, 15) is 9.90 Å². The van der Waals surface area contributed by atoms with Crippen LogP contribution in [0.25, 0.3) is 0 Å². The third kappa shape index (κ3) is 3.95. The van der Waals surface area contributed by atoms with Crippen molar-refractivity contribution in [3.8, 4) is 0 Å². The molecule has 0 aliphatic carbocycles. The summed E-state index contributed by atoms with van der Waals surface area (Å²) in [7, 11) is 0. The Morgan fingerprint density at radius 2 is 1.71 bits per heavy atom. The van der Waals surface area contributed by atoms with Gasteiger partial charge in [0.2, 0.25) is 0 Å². The molecule has 1 amide bonds. The van der Waals surface area contributed by atoms with Crippen molar-refractivity contribution in [2.75, 3.05) is 23.3 Å². The lowest BCUT2D eigenvalue weighted by Crippen LogP contribution is -2.35. The third-order valence-electron chi connectivity index (χ3n) is 4.58. The number of amides is 1. The maximum atomic E-state index is 12.3. The summed E-state index contributed by atoms with van der Waals surface area (Å²) in [5.74, 6) is -0.0973. The molecule has 0 atom stereocenters. The van der Waals surface area contributed by atoms with Gasteiger partial charge >= 0.3 is 0 Å². The second-order valence-corrected chi connectivity index (χ2v) is 6.27. The molecule has 2 N–H and O–H groups in total. The van der Waals surface area contributed by atoms with Crippen LogP contribution in [0.1, 0.15) is 35.7 Å². The van der Waals surface area contributed by atoms with Crippen LogP contribution in [0.15, 0.2) is 48.5 Å². The number of aliphatic hydroxyl groups is 1. The van der Waals surface area contributed by atoms with E-state index in [1.165, 1.54) is 5.56 Å². The number of hydrogen-bond acceptors (Lipinski definition) is 3. The van der Waals surface area contributed by atoms with Crippen LogP contribution in [0.3, 0.4) is 0 Å². The van der Waals surface area contributed by atoms with Gasteiger partial charge in [-0.05, 0) is 61.2 Å². The molecular formula is C20H24N2O2. The zero-order valence-corrected chi connectivity index (χ0v) is 14.0. The number of hydrogen-bond donors (Lipinski definition) is 2. The molecule has 126 valence electrons. The number of carbonyl (C=O) groups is 1. The molecule has 1 aliphatic rings. The number of piperidine rings is 1. The highest BCUT2D eigenvalue weighted by Crippen LogP contribution is 2.21. The van der Waals surface area contributed by atoms with Crippen molar-refractivity contribution in [3.05, 3.63) is 59.7 Å². The summed E-state index contributed by atoms with van der Waals surface area (Å²) in [5, 5.41) is 12.5. The van der Waals surface area contributed by atoms with Gasteiger partial charge in [-0.3, -0.25) is 4.79 Å². The van der Waals surface area contributed by atoms with Gasteiger partial charge in [-0.1, -0.05) is 19.1 Å². The largest absolute Gasteiger partial charge is 0.393 e. The molecule has 3 rings (SSSR count). The van der Waals surface area contributed by atoms with Crippen LogP contribution in [0, 0.1) is 0 Å². The Morgan fingerprint density at radius 1 is 1.08 bits per heavy atom. The SMILES string of the molecule is CCc1ccc(NC(=O)c2ccc(N3CCC(O)CC3)cc2)cc1. The zero-order valence-electron chi connectivity index (χ0n) is 14.0. The lowest BCUT2D eigenvalue weighted by atomic mass is 10.1. The smallest absolute Gasteiger partial charge is 0.255 e. The van der Waals surface area contributed by atoms with Gasteiger partial charge < -0.3 is 15.3 Å². The van der Waals surface area contributed by atoms with Crippen molar-refractivity contribution in [3.63, 3.8) is 0 Å². The Hall–Kier alpha value is -2.33. The molecule has 0 unspecified atom stereocenters. The Bertz CT molecular complexity index is 672. The van der Waals surface area contributed by atoms with Gasteiger partial charge in [0, 0.05) is 30.0 Å². The summed E-state index contributed by atoms with van der Waals surface area (Å²) in [6.45, 7) is 3.82. The van der Waals surface area contributed by atoms with Crippen LogP contribution in [0.4, 0.5) is 11.4 Å². The lowest BCUT2D eigenvalue weighted by Gasteiger charge is -2.31. The highest BCUT2D eigenvalue weighted by molar-refractivity contribution is 6.04. The summed E-state index contributed by atoms with van der Waals surface area (Å²) < 4.78 is 0. The molecule has 1 fully saturated rings. The van der Waals surface area contributed by atoms with E-state index < -0.39 is 0 Å². The molecule has 1 heterocycles. The number of rotatable bonds is 4. The number of nitrogens with zero attached hydrogens (tertiary/aromatic N) is 1. The van der Waals surface area contributed by atoms with Crippen molar-refractivity contribution in [2.24, 2.45) is 0 Å². The van der Waals surface area contributed by atoms with Crippen molar-refractivity contribution in [1.29, 1.82) is 0 Å². The predicted octanol–water partition coefficient (Wildman–Crippen LogP) is 3.46. The maximum absolute atomic E-state index is 12.3. The Morgan fingerprint density at radius 3 is 2.29 bits per heavy atom. The number of anilines is 2. The first-order valence-corrected chi connectivity index (χ1v) is 8.59. The quantitative estimate of drug-likeness (QED) is 0.905.